The molecular weight excluding hydrogens is 448 g/mol. The molecule has 35 heavy (non-hydrogen) atoms. The van der Waals surface area contributed by atoms with E-state index in [9.17, 15) is 4.79 Å². The number of morpholine rings is 1. The molecule has 0 spiro atoms. The highest BCUT2D eigenvalue weighted by molar-refractivity contribution is 5.97. The largest absolute Gasteiger partial charge is 0.494 e. The lowest BCUT2D eigenvalue weighted by Gasteiger charge is -2.33. The molecule has 0 bridgehead atoms. The van der Waals surface area contributed by atoms with Crippen molar-refractivity contribution in [3.63, 3.8) is 0 Å². The van der Waals surface area contributed by atoms with Crippen molar-refractivity contribution >= 4 is 17.1 Å². The van der Waals surface area contributed by atoms with Crippen LogP contribution in [0.3, 0.4) is 0 Å². The van der Waals surface area contributed by atoms with Crippen molar-refractivity contribution in [2.45, 2.75) is 46.6 Å². The number of Topliss-reactive ketones (excluding diaryl/α,β-unsaturated/α-hetero) is 1. The first-order valence-electron chi connectivity index (χ1n) is 11.9. The smallest absolute Gasteiger partial charge is 0.242 e. The number of aromatic nitrogens is 4. The molecule has 188 valence electrons. The molecule has 10 heteroatoms. The van der Waals surface area contributed by atoms with Crippen LogP contribution in [0.2, 0.25) is 0 Å². The molecule has 0 unspecified atom stereocenters. The maximum atomic E-state index is 13.5. The molecule has 2 aromatic heterocycles. The molecule has 4 rings (SSSR count). The van der Waals surface area contributed by atoms with E-state index < -0.39 is 0 Å². The van der Waals surface area contributed by atoms with Crippen LogP contribution in [-0.2, 0) is 16.7 Å². The van der Waals surface area contributed by atoms with Gasteiger partial charge in [-0.1, -0.05) is 20.8 Å². The minimum absolute atomic E-state index is 0.00672. The van der Waals surface area contributed by atoms with E-state index in [0.29, 0.717) is 36.9 Å². The predicted octanol–water partition coefficient (Wildman–Crippen LogP) is 2.74. The third-order valence-electron chi connectivity index (χ3n) is 6.09. The highest BCUT2D eigenvalue weighted by atomic mass is 16.5. The quantitative estimate of drug-likeness (QED) is 0.516. The number of rotatable bonds is 7. The van der Waals surface area contributed by atoms with Crippen LogP contribution in [0, 0.1) is 12.3 Å². The number of nitrogens with zero attached hydrogens (tertiary/aromatic N) is 5. The van der Waals surface area contributed by atoms with Crippen molar-refractivity contribution < 1.29 is 19.0 Å². The van der Waals surface area contributed by atoms with E-state index >= 15 is 0 Å². The Bertz CT molecular complexity index is 1300. The molecule has 0 saturated carbocycles. The van der Waals surface area contributed by atoms with Crippen LogP contribution >= 0.6 is 0 Å². The number of aryl methyl sites for hydroxylation is 1. The lowest BCUT2D eigenvalue weighted by Crippen LogP contribution is -2.37. The number of ether oxygens (including phenoxy) is 3. The predicted molar refractivity (Wildman–Crippen MR) is 132 cm³/mol. The van der Waals surface area contributed by atoms with Gasteiger partial charge in [0.15, 0.2) is 11.4 Å². The first-order chi connectivity index (χ1) is 16.6. The molecule has 1 N–H and O–H groups in total. The molecule has 1 saturated heterocycles. The Morgan fingerprint density at radius 3 is 2.51 bits per heavy atom. The van der Waals surface area contributed by atoms with E-state index in [1.165, 1.54) is 9.20 Å². The van der Waals surface area contributed by atoms with Gasteiger partial charge in [-0.3, -0.25) is 10.2 Å². The maximum Gasteiger partial charge on any atom is 0.242 e. The Morgan fingerprint density at radius 1 is 1.17 bits per heavy atom. The third kappa shape index (κ3) is 4.88. The molecule has 0 atom stereocenters. The van der Waals surface area contributed by atoms with Gasteiger partial charge in [0.1, 0.15) is 12.3 Å². The SMILES string of the molecule is CCOc1nn2c(=N)n(CC(=O)c3cc(N4CCOCC4)c(OC)c(C(C)(C)C)c3)nc2cc1C. The van der Waals surface area contributed by atoms with Gasteiger partial charge in [0, 0.05) is 29.8 Å². The second-order valence-corrected chi connectivity index (χ2v) is 9.67. The van der Waals surface area contributed by atoms with Crippen molar-refractivity contribution in [3.05, 3.63) is 40.5 Å². The normalized spacial score (nSPS) is 14.4. The van der Waals surface area contributed by atoms with Crippen LogP contribution in [0.15, 0.2) is 18.2 Å². The molecule has 0 aliphatic carbocycles. The van der Waals surface area contributed by atoms with Crippen LogP contribution in [-0.4, -0.2) is 65.2 Å². The van der Waals surface area contributed by atoms with Crippen molar-refractivity contribution in [2.75, 3.05) is 44.9 Å². The van der Waals surface area contributed by atoms with E-state index in [4.69, 9.17) is 19.6 Å². The number of benzene rings is 1. The Hall–Kier alpha value is -3.40. The van der Waals surface area contributed by atoms with Gasteiger partial charge in [-0.05, 0) is 37.5 Å². The van der Waals surface area contributed by atoms with Crippen LogP contribution in [0.1, 0.15) is 49.2 Å². The molecular formula is C25H34N6O4. The summed E-state index contributed by atoms with van der Waals surface area (Å²) in [5.41, 5.74) is 3.48. The summed E-state index contributed by atoms with van der Waals surface area (Å²) in [5.74, 6) is 1.08. The maximum absolute atomic E-state index is 13.5. The zero-order chi connectivity index (χ0) is 25.3. The van der Waals surface area contributed by atoms with E-state index in [1.54, 1.807) is 13.2 Å². The van der Waals surface area contributed by atoms with Gasteiger partial charge in [-0.15, -0.1) is 10.2 Å². The highest BCUT2D eigenvalue weighted by Gasteiger charge is 2.27. The first-order valence-corrected chi connectivity index (χ1v) is 11.9. The van der Waals surface area contributed by atoms with Gasteiger partial charge in [0.2, 0.25) is 11.5 Å². The van der Waals surface area contributed by atoms with Gasteiger partial charge in [-0.2, -0.15) is 4.52 Å². The number of methoxy groups -OCH3 is 1. The molecule has 3 aromatic rings. The van der Waals surface area contributed by atoms with Gasteiger partial charge >= 0.3 is 0 Å². The van der Waals surface area contributed by atoms with Crippen molar-refractivity contribution in [1.29, 1.82) is 5.41 Å². The van der Waals surface area contributed by atoms with Crippen molar-refractivity contribution in [1.82, 2.24) is 19.4 Å². The summed E-state index contributed by atoms with van der Waals surface area (Å²) in [5, 5.41) is 17.4. The minimum atomic E-state index is -0.239. The summed E-state index contributed by atoms with van der Waals surface area (Å²) in [7, 11) is 1.67. The van der Waals surface area contributed by atoms with E-state index in [-0.39, 0.29) is 23.4 Å². The zero-order valence-corrected chi connectivity index (χ0v) is 21.3. The number of anilines is 1. The van der Waals surface area contributed by atoms with E-state index in [1.807, 2.05) is 26.0 Å². The third-order valence-corrected chi connectivity index (χ3v) is 6.09. The Morgan fingerprint density at radius 2 is 1.89 bits per heavy atom. The molecule has 10 nitrogen and oxygen atoms in total. The minimum Gasteiger partial charge on any atom is -0.494 e. The van der Waals surface area contributed by atoms with Gasteiger partial charge in [0.05, 0.1) is 32.6 Å². The number of carbonyl (C=O) groups excluding carboxylic acids is 1. The number of carbonyl (C=O) groups is 1. The molecule has 0 radical (unpaired) electrons. The number of hydrogen-bond acceptors (Lipinski definition) is 8. The van der Waals surface area contributed by atoms with Crippen LogP contribution in [0.5, 0.6) is 11.6 Å². The monoisotopic (exact) mass is 482 g/mol. The molecule has 3 heterocycles. The highest BCUT2D eigenvalue weighted by Crippen LogP contribution is 2.40. The van der Waals surface area contributed by atoms with Crippen molar-refractivity contribution in [3.8, 4) is 11.6 Å². The number of ketones is 1. The Balaban J connectivity index is 1.74. The first kappa shape index (κ1) is 24.7. The van der Waals surface area contributed by atoms with Gasteiger partial charge in [-0.25, -0.2) is 4.68 Å². The number of hydrogen-bond donors (Lipinski definition) is 1. The summed E-state index contributed by atoms with van der Waals surface area (Å²) in [6, 6.07) is 5.59. The number of nitrogens with one attached hydrogen (secondary N) is 1. The molecule has 1 aromatic carbocycles. The summed E-state index contributed by atoms with van der Waals surface area (Å²) in [6.45, 7) is 13.2. The topological polar surface area (TPSA) is 107 Å². The number of fused-ring (bicyclic) bond motifs is 1. The average molecular weight is 483 g/mol. The van der Waals surface area contributed by atoms with E-state index in [2.05, 4.69) is 35.9 Å². The fourth-order valence-electron chi connectivity index (χ4n) is 4.25. The lowest BCUT2D eigenvalue weighted by molar-refractivity contribution is 0.0965. The Kier molecular flexibility index (Phi) is 6.84. The van der Waals surface area contributed by atoms with Gasteiger partial charge in [0.25, 0.3) is 0 Å². The molecule has 1 aliphatic heterocycles. The second-order valence-electron chi connectivity index (χ2n) is 9.67. The summed E-state index contributed by atoms with van der Waals surface area (Å²) < 4.78 is 19.7. The average Bonchev–Trinajstić information content (AvgIpc) is 3.12. The standard InChI is InChI=1S/C25H34N6O4/c1-7-35-23-16(2)12-21-27-30(24(26)31(21)28-23)15-20(32)17-13-18(25(3,4)5)22(33-6)19(14-17)29-8-10-34-11-9-29/h12-14,26H,7-11,15H2,1-6H3. The van der Waals surface area contributed by atoms with Gasteiger partial charge < -0.3 is 19.1 Å². The Labute approximate surface area is 204 Å². The van der Waals surface area contributed by atoms with Crippen LogP contribution in [0.4, 0.5) is 5.69 Å². The van der Waals surface area contributed by atoms with Crippen LogP contribution in [0.25, 0.3) is 5.65 Å². The summed E-state index contributed by atoms with van der Waals surface area (Å²) in [4.78, 5) is 15.7. The summed E-state index contributed by atoms with van der Waals surface area (Å²) >= 11 is 0. The molecule has 1 fully saturated rings. The summed E-state index contributed by atoms with van der Waals surface area (Å²) in [6.07, 6.45) is 0. The molecule has 1 aliphatic rings. The van der Waals surface area contributed by atoms with Crippen molar-refractivity contribution in [2.24, 2.45) is 0 Å². The fraction of sp³-hybridized carbons (Fsp3) is 0.520. The fourth-order valence-corrected chi connectivity index (χ4v) is 4.25. The lowest BCUT2D eigenvalue weighted by atomic mass is 9.84. The van der Waals surface area contributed by atoms with Crippen LogP contribution < -0.4 is 20.0 Å². The second kappa shape index (κ2) is 9.69. The van der Waals surface area contributed by atoms with E-state index in [0.717, 1.165) is 35.7 Å². The molecule has 0 amide bonds. The zero-order valence-electron chi connectivity index (χ0n) is 21.3.